The van der Waals surface area contributed by atoms with Gasteiger partial charge in [-0.25, -0.2) is 13.1 Å². The molecule has 0 bridgehead atoms. The monoisotopic (exact) mass is 404 g/mol. The van der Waals surface area contributed by atoms with E-state index in [9.17, 15) is 13.2 Å². The van der Waals surface area contributed by atoms with Crippen LogP contribution in [0.15, 0.2) is 46.0 Å². The van der Waals surface area contributed by atoms with E-state index in [1.54, 1.807) is 28.5 Å². The number of benzene rings is 1. The second-order valence-electron chi connectivity index (χ2n) is 6.85. The van der Waals surface area contributed by atoms with Crippen LogP contribution in [0.3, 0.4) is 0 Å². The van der Waals surface area contributed by atoms with E-state index in [4.69, 9.17) is 0 Å². The first-order valence-corrected chi connectivity index (χ1v) is 11.3. The van der Waals surface area contributed by atoms with Crippen molar-refractivity contribution in [1.82, 2.24) is 9.62 Å². The van der Waals surface area contributed by atoms with Crippen LogP contribution in [0, 0.1) is 13.8 Å². The lowest BCUT2D eigenvalue weighted by Gasteiger charge is -2.31. The number of hydrogen-bond donors (Lipinski definition) is 1. The summed E-state index contributed by atoms with van der Waals surface area (Å²) in [6.07, 6.45) is 4.69. The van der Waals surface area contributed by atoms with Gasteiger partial charge in [0.15, 0.2) is 0 Å². The topological polar surface area (TPSA) is 66.5 Å². The average molecular weight is 405 g/mol. The summed E-state index contributed by atoms with van der Waals surface area (Å²) in [5.74, 6) is -0.0328. The molecule has 1 N–H and O–H groups in total. The zero-order valence-corrected chi connectivity index (χ0v) is 17.1. The molecule has 0 saturated carbocycles. The molecule has 1 amide bonds. The Bertz CT molecular complexity index is 926. The van der Waals surface area contributed by atoms with Crippen molar-refractivity contribution in [3.05, 3.63) is 58.5 Å². The zero-order chi connectivity index (χ0) is 19.4. The van der Waals surface area contributed by atoms with E-state index in [1.165, 1.54) is 16.9 Å². The molecule has 1 aliphatic heterocycles. The minimum absolute atomic E-state index is 0.0328. The van der Waals surface area contributed by atoms with Crippen molar-refractivity contribution >= 4 is 33.3 Å². The van der Waals surface area contributed by atoms with Crippen molar-refractivity contribution in [1.29, 1.82) is 0 Å². The Labute approximate surface area is 164 Å². The fourth-order valence-corrected chi connectivity index (χ4v) is 5.51. The summed E-state index contributed by atoms with van der Waals surface area (Å²) in [6, 6.07) is 9.33. The third-order valence-corrected chi connectivity index (χ3v) is 7.64. The van der Waals surface area contributed by atoms with E-state index < -0.39 is 10.0 Å². The maximum atomic E-state index is 12.4. The van der Waals surface area contributed by atoms with Gasteiger partial charge in [-0.05, 0) is 55.3 Å². The predicted molar refractivity (Wildman–Crippen MR) is 109 cm³/mol. The number of piperidine rings is 1. The number of carbonyl (C=O) groups is 1. The lowest BCUT2D eigenvalue weighted by atomic mass is 10.0. The van der Waals surface area contributed by atoms with Crippen LogP contribution in [-0.4, -0.2) is 38.4 Å². The Balaban J connectivity index is 1.54. The second kappa shape index (κ2) is 8.37. The number of amides is 1. The minimum atomic E-state index is -3.46. The largest absolute Gasteiger partial charge is 0.339 e. The lowest BCUT2D eigenvalue weighted by Crippen LogP contribution is -2.46. The third kappa shape index (κ3) is 5.06. The molecule has 0 spiro atoms. The Morgan fingerprint density at radius 1 is 1.22 bits per heavy atom. The Kier molecular flexibility index (Phi) is 6.14. The normalized spacial score (nSPS) is 16.1. The van der Waals surface area contributed by atoms with Crippen LogP contribution in [0.5, 0.6) is 0 Å². The van der Waals surface area contributed by atoms with Gasteiger partial charge in [0.05, 0.1) is 0 Å². The third-order valence-electron chi connectivity index (χ3n) is 4.72. The van der Waals surface area contributed by atoms with E-state index >= 15 is 0 Å². The number of nitrogens with one attached hydrogen (secondary N) is 1. The van der Waals surface area contributed by atoms with Crippen LogP contribution in [0.25, 0.3) is 6.08 Å². The SMILES string of the molecule is Cc1ccc(/C=C/C(=O)N2CCC(NS(=O)(=O)c3cccs3)CC2)c(C)c1. The molecule has 144 valence electrons. The fourth-order valence-electron chi connectivity index (χ4n) is 3.19. The molecule has 2 heterocycles. The highest BCUT2D eigenvalue weighted by atomic mass is 32.2. The summed E-state index contributed by atoms with van der Waals surface area (Å²) >= 11 is 1.21. The van der Waals surface area contributed by atoms with Gasteiger partial charge in [-0.2, -0.15) is 0 Å². The number of carbonyl (C=O) groups excluding carboxylic acids is 1. The highest BCUT2D eigenvalue weighted by Crippen LogP contribution is 2.19. The number of hydrogen-bond acceptors (Lipinski definition) is 4. The highest BCUT2D eigenvalue weighted by Gasteiger charge is 2.26. The zero-order valence-electron chi connectivity index (χ0n) is 15.5. The molecular formula is C20H24N2O3S2. The molecule has 1 aliphatic rings. The van der Waals surface area contributed by atoms with Crippen LogP contribution in [0.2, 0.25) is 0 Å². The standard InChI is InChI=1S/C20H24N2O3S2/c1-15-5-6-17(16(2)14-15)7-8-19(23)22-11-9-18(10-12-22)21-27(24,25)20-4-3-13-26-20/h3-8,13-14,18,21H,9-12H2,1-2H3/b8-7+. The molecule has 1 aromatic heterocycles. The van der Waals surface area contributed by atoms with Gasteiger partial charge in [0.2, 0.25) is 15.9 Å². The summed E-state index contributed by atoms with van der Waals surface area (Å²) in [6.45, 7) is 5.17. The number of aryl methyl sites for hydroxylation is 2. The lowest BCUT2D eigenvalue weighted by molar-refractivity contribution is -0.126. The van der Waals surface area contributed by atoms with E-state index in [-0.39, 0.29) is 11.9 Å². The van der Waals surface area contributed by atoms with Gasteiger partial charge < -0.3 is 4.90 Å². The minimum Gasteiger partial charge on any atom is -0.339 e. The number of nitrogens with zero attached hydrogens (tertiary/aromatic N) is 1. The molecule has 1 saturated heterocycles. The van der Waals surface area contributed by atoms with Crippen LogP contribution in [0.4, 0.5) is 0 Å². The Morgan fingerprint density at radius 3 is 2.59 bits per heavy atom. The first-order valence-electron chi connectivity index (χ1n) is 8.95. The summed E-state index contributed by atoms with van der Waals surface area (Å²) < 4.78 is 27.7. The van der Waals surface area contributed by atoms with Gasteiger partial charge in [-0.1, -0.05) is 29.8 Å². The maximum Gasteiger partial charge on any atom is 0.250 e. The van der Waals surface area contributed by atoms with Crippen LogP contribution in [0.1, 0.15) is 29.5 Å². The Morgan fingerprint density at radius 2 is 1.96 bits per heavy atom. The van der Waals surface area contributed by atoms with Crippen molar-refractivity contribution in [2.24, 2.45) is 0 Å². The van der Waals surface area contributed by atoms with Crippen LogP contribution < -0.4 is 4.72 Å². The number of rotatable bonds is 5. The molecule has 2 aromatic rings. The number of sulfonamides is 1. The molecule has 1 aromatic carbocycles. The molecule has 0 unspecified atom stereocenters. The van der Waals surface area contributed by atoms with Crippen LogP contribution >= 0.6 is 11.3 Å². The summed E-state index contributed by atoms with van der Waals surface area (Å²) in [4.78, 5) is 14.2. The number of thiophene rings is 1. The first kappa shape index (κ1) is 19.8. The number of likely N-dealkylation sites (tertiary alicyclic amines) is 1. The van der Waals surface area contributed by atoms with Crippen LogP contribution in [-0.2, 0) is 14.8 Å². The van der Waals surface area contributed by atoms with E-state index in [2.05, 4.69) is 10.8 Å². The first-order chi connectivity index (χ1) is 12.8. The highest BCUT2D eigenvalue weighted by molar-refractivity contribution is 7.91. The van der Waals surface area contributed by atoms with E-state index in [0.29, 0.717) is 30.1 Å². The van der Waals surface area contributed by atoms with Gasteiger partial charge in [-0.3, -0.25) is 4.79 Å². The molecule has 27 heavy (non-hydrogen) atoms. The van der Waals surface area contributed by atoms with Gasteiger partial charge in [0, 0.05) is 25.2 Å². The second-order valence-corrected chi connectivity index (χ2v) is 9.73. The van der Waals surface area contributed by atoms with E-state index in [1.807, 2.05) is 32.1 Å². The smallest absolute Gasteiger partial charge is 0.250 e. The molecule has 3 rings (SSSR count). The molecule has 5 nitrogen and oxygen atoms in total. The van der Waals surface area contributed by atoms with Crippen molar-refractivity contribution < 1.29 is 13.2 Å². The molecule has 7 heteroatoms. The summed E-state index contributed by atoms with van der Waals surface area (Å²) in [5.41, 5.74) is 3.37. The van der Waals surface area contributed by atoms with Gasteiger partial charge in [0.1, 0.15) is 4.21 Å². The Hall–Kier alpha value is -1.96. The summed E-state index contributed by atoms with van der Waals surface area (Å²) in [7, 11) is -3.46. The maximum absolute atomic E-state index is 12.4. The van der Waals surface area contributed by atoms with Gasteiger partial charge >= 0.3 is 0 Å². The van der Waals surface area contributed by atoms with Crippen molar-refractivity contribution in [3.8, 4) is 0 Å². The molecule has 1 fully saturated rings. The van der Waals surface area contributed by atoms with Crippen molar-refractivity contribution in [2.75, 3.05) is 13.1 Å². The fraction of sp³-hybridized carbons (Fsp3) is 0.350. The molecule has 0 aliphatic carbocycles. The predicted octanol–water partition coefficient (Wildman–Crippen LogP) is 3.35. The van der Waals surface area contributed by atoms with Gasteiger partial charge in [-0.15, -0.1) is 11.3 Å². The van der Waals surface area contributed by atoms with Crippen molar-refractivity contribution in [2.45, 2.75) is 36.9 Å². The average Bonchev–Trinajstić information content (AvgIpc) is 3.17. The molecule has 0 atom stereocenters. The molecule has 0 radical (unpaired) electrons. The quantitative estimate of drug-likeness (QED) is 0.777. The summed E-state index contributed by atoms with van der Waals surface area (Å²) in [5, 5.41) is 1.75. The van der Waals surface area contributed by atoms with E-state index in [0.717, 1.165) is 11.1 Å². The van der Waals surface area contributed by atoms with Gasteiger partial charge in [0.25, 0.3) is 0 Å². The molecular weight excluding hydrogens is 380 g/mol. The van der Waals surface area contributed by atoms with Crippen molar-refractivity contribution in [3.63, 3.8) is 0 Å².